The molecule has 4 heteroatoms. The Hall–Kier alpha value is -2.36. The van der Waals surface area contributed by atoms with Gasteiger partial charge in [-0.1, -0.05) is 17.7 Å². The van der Waals surface area contributed by atoms with Crippen LogP contribution in [0.2, 0.25) is 0 Å². The maximum Gasteiger partial charge on any atom is 0.309 e. The van der Waals surface area contributed by atoms with E-state index in [4.69, 9.17) is 5.11 Å². The van der Waals surface area contributed by atoms with E-state index in [2.05, 4.69) is 0 Å². The number of carbonyl (C=O) groups excluding carboxylic acids is 1. The van der Waals surface area contributed by atoms with Crippen LogP contribution in [0.25, 0.3) is 0 Å². The summed E-state index contributed by atoms with van der Waals surface area (Å²) in [5, 5.41) is 8.84. The lowest BCUT2D eigenvalue weighted by molar-refractivity contribution is -0.136. The average molecular weight is 257 g/mol. The van der Waals surface area contributed by atoms with Crippen LogP contribution in [0.3, 0.4) is 0 Å². The number of aromatic nitrogens is 1. The van der Waals surface area contributed by atoms with Crippen molar-refractivity contribution >= 4 is 11.9 Å². The zero-order chi connectivity index (χ0) is 14.0. The smallest absolute Gasteiger partial charge is 0.309 e. The van der Waals surface area contributed by atoms with E-state index in [1.54, 1.807) is 18.3 Å². The van der Waals surface area contributed by atoms with Crippen molar-refractivity contribution in [3.8, 4) is 0 Å². The molecule has 2 rings (SSSR count). The van der Waals surface area contributed by atoms with E-state index in [1.165, 1.54) is 4.57 Å². The average Bonchev–Trinajstić information content (AvgIpc) is 2.78. The molecule has 0 saturated carbocycles. The minimum Gasteiger partial charge on any atom is -0.481 e. The molecule has 0 aliphatic heterocycles. The van der Waals surface area contributed by atoms with Crippen molar-refractivity contribution in [2.45, 2.75) is 20.3 Å². The zero-order valence-corrected chi connectivity index (χ0v) is 10.9. The van der Waals surface area contributed by atoms with E-state index >= 15 is 0 Å². The fourth-order valence-electron chi connectivity index (χ4n) is 2.01. The highest BCUT2D eigenvalue weighted by Crippen LogP contribution is 2.14. The van der Waals surface area contributed by atoms with Crippen LogP contribution in [-0.4, -0.2) is 21.6 Å². The molecule has 1 heterocycles. The Kier molecular flexibility index (Phi) is 3.51. The molecule has 19 heavy (non-hydrogen) atoms. The third kappa shape index (κ3) is 2.73. The topological polar surface area (TPSA) is 59.3 Å². The maximum atomic E-state index is 12.5. The van der Waals surface area contributed by atoms with Crippen LogP contribution in [0.1, 0.15) is 27.2 Å². The molecular weight excluding hydrogens is 242 g/mol. The van der Waals surface area contributed by atoms with Gasteiger partial charge in [0.1, 0.15) is 0 Å². The van der Waals surface area contributed by atoms with Crippen molar-refractivity contribution in [2.24, 2.45) is 0 Å². The number of carboxylic acids is 1. The van der Waals surface area contributed by atoms with Crippen molar-refractivity contribution < 1.29 is 14.7 Å². The van der Waals surface area contributed by atoms with Crippen LogP contribution in [0.4, 0.5) is 0 Å². The third-order valence-electron chi connectivity index (χ3n) is 3.01. The fraction of sp³-hybridized carbons (Fsp3) is 0.200. The predicted octanol–water partition coefficient (Wildman–Crippen LogP) is 2.42. The number of aliphatic carboxylic acids is 1. The van der Waals surface area contributed by atoms with E-state index in [0.717, 1.165) is 11.1 Å². The summed E-state index contributed by atoms with van der Waals surface area (Å²) in [4.78, 5) is 23.2. The van der Waals surface area contributed by atoms with Crippen molar-refractivity contribution in [3.05, 3.63) is 58.9 Å². The summed E-state index contributed by atoms with van der Waals surface area (Å²) in [6.07, 6.45) is 1.44. The SMILES string of the molecule is Cc1ccc(C)c(C(=O)n2cccc2CC(=O)O)c1. The molecule has 0 aliphatic rings. The van der Waals surface area contributed by atoms with E-state index in [0.29, 0.717) is 11.3 Å². The number of aryl methyl sites for hydroxylation is 2. The molecule has 0 bridgehead atoms. The van der Waals surface area contributed by atoms with E-state index in [-0.39, 0.29) is 12.3 Å². The van der Waals surface area contributed by atoms with Crippen molar-refractivity contribution in [1.29, 1.82) is 0 Å². The number of carbonyl (C=O) groups is 2. The summed E-state index contributed by atoms with van der Waals surface area (Å²) in [5.74, 6) is -1.14. The molecule has 0 saturated heterocycles. The van der Waals surface area contributed by atoms with E-state index < -0.39 is 5.97 Å². The Morgan fingerprint density at radius 2 is 1.95 bits per heavy atom. The quantitative estimate of drug-likeness (QED) is 0.918. The monoisotopic (exact) mass is 257 g/mol. The van der Waals surface area contributed by atoms with Gasteiger partial charge < -0.3 is 5.11 Å². The second kappa shape index (κ2) is 5.10. The molecule has 98 valence electrons. The van der Waals surface area contributed by atoms with Gasteiger partial charge in [-0.05, 0) is 37.6 Å². The molecule has 4 nitrogen and oxygen atoms in total. The van der Waals surface area contributed by atoms with Gasteiger partial charge in [0.2, 0.25) is 0 Å². The van der Waals surface area contributed by atoms with Gasteiger partial charge in [-0.15, -0.1) is 0 Å². The van der Waals surface area contributed by atoms with Crippen molar-refractivity contribution in [1.82, 2.24) is 4.57 Å². The fourth-order valence-corrected chi connectivity index (χ4v) is 2.01. The van der Waals surface area contributed by atoms with Crippen LogP contribution in [0.5, 0.6) is 0 Å². The summed E-state index contributed by atoms with van der Waals surface area (Å²) in [7, 11) is 0. The van der Waals surface area contributed by atoms with Crippen LogP contribution < -0.4 is 0 Å². The molecule has 0 atom stereocenters. The Bertz CT molecular complexity index is 641. The number of hydrogen-bond acceptors (Lipinski definition) is 2. The number of hydrogen-bond donors (Lipinski definition) is 1. The van der Waals surface area contributed by atoms with Gasteiger partial charge >= 0.3 is 5.97 Å². The third-order valence-corrected chi connectivity index (χ3v) is 3.01. The second-order valence-electron chi connectivity index (χ2n) is 4.56. The Labute approximate surface area is 111 Å². The Morgan fingerprint density at radius 1 is 1.21 bits per heavy atom. The first-order valence-corrected chi connectivity index (χ1v) is 5.99. The molecule has 1 aromatic heterocycles. The molecule has 1 aromatic carbocycles. The molecule has 0 aliphatic carbocycles. The minimum absolute atomic E-state index is 0.163. The number of carboxylic acid groups (broad SMARTS) is 1. The highest BCUT2D eigenvalue weighted by Gasteiger charge is 2.15. The highest BCUT2D eigenvalue weighted by molar-refractivity contribution is 5.98. The molecule has 0 fully saturated rings. The number of rotatable bonds is 3. The van der Waals surface area contributed by atoms with Gasteiger partial charge in [-0.3, -0.25) is 14.2 Å². The van der Waals surface area contributed by atoms with Crippen molar-refractivity contribution in [3.63, 3.8) is 0 Å². The van der Waals surface area contributed by atoms with Gasteiger partial charge in [0.15, 0.2) is 0 Å². The molecule has 0 radical (unpaired) electrons. The zero-order valence-electron chi connectivity index (χ0n) is 10.9. The normalized spacial score (nSPS) is 10.4. The minimum atomic E-state index is -0.950. The molecular formula is C15H15NO3. The van der Waals surface area contributed by atoms with Crippen LogP contribution in [0, 0.1) is 13.8 Å². The number of benzene rings is 1. The largest absolute Gasteiger partial charge is 0.481 e. The molecule has 0 unspecified atom stereocenters. The first-order chi connectivity index (χ1) is 8.99. The molecule has 0 spiro atoms. The van der Waals surface area contributed by atoms with Crippen LogP contribution in [0.15, 0.2) is 36.5 Å². The standard InChI is InChI=1S/C15H15NO3/c1-10-5-6-11(2)13(8-10)15(19)16-7-3-4-12(16)9-14(17)18/h3-8H,9H2,1-2H3,(H,17,18). The second-order valence-corrected chi connectivity index (χ2v) is 4.56. The van der Waals surface area contributed by atoms with Gasteiger partial charge in [0.05, 0.1) is 6.42 Å². The van der Waals surface area contributed by atoms with Gasteiger partial charge in [0, 0.05) is 17.5 Å². The summed E-state index contributed by atoms with van der Waals surface area (Å²) >= 11 is 0. The number of nitrogens with zero attached hydrogens (tertiary/aromatic N) is 1. The maximum absolute atomic E-state index is 12.5. The van der Waals surface area contributed by atoms with Gasteiger partial charge in [-0.25, -0.2) is 0 Å². The Balaban J connectivity index is 2.42. The summed E-state index contributed by atoms with van der Waals surface area (Å²) in [6.45, 7) is 3.79. The van der Waals surface area contributed by atoms with Crippen LogP contribution >= 0.6 is 0 Å². The Morgan fingerprint density at radius 3 is 2.63 bits per heavy atom. The summed E-state index contributed by atoms with van der Waals surface area (Å²) in [5.41, 5.74) is 2.97. The first kappa shape index (κ1) is 13.1. The highest BCUT2D eigenvalue weighted by atomic mass is 16.4. The predicted molar refractivity (Wildman–Crippen MR) is 71.4 cm³/mol. The van der Waals surface area contributed by atoms with E-state index in [9.17, 15) is 9.59 Å². The van der Waals surface area contributed by atoms with Crippen molar-refractivity contribution in [2.75, 3.05) is 0 Å². The molecule has 0 amide bonds. The van der Waals surface area contributed by atoms with E-state index in [1.807, 2.05) is 32.0 Å². The molecule has 2 aromatic rings. The summed E-state index contributed by atoms with van der Waals surface area (Å²) < 4.78 is 1.40. The first-order valence-electron chi connectivity index (χ1n) is 5.99. The summed E-state index contributed by atoms with van der Waals surface area (Å²) in [6, 6.07) is 8.99. The van der Waals surface area contributed by atoms with Crippen LogP contribution in [-0.2, 0) is 11.2 Å². The lowest BCUT2D eigenvalue weighted by atomic mass is 10.0. The molecule has 1 N–H and O–H groups in total. The lowest BCUT2D eigenvalue weighted by Crippen LogP contribution is -2.17. The lowest BCUT2D eigenvalue weighted by Gasteiger charge is -2.09. The van der Waals surface area contributed by atoms with Gasteiger partial charge in [0.25, 0.3) is 5.91 Å². The van der Waals surface area contributed by atoms with Gasteiger partial charge in [-0.2, -0.15) is 0 Å².